The van der Waals surface area contributed by atoms with Gasteiger partial charge in [-0.25, -0.2) is 0 Å². The molecule has 3 nitrogen and oxygen atoms in total. The van der Waals surface area contributed by atoms with Crippen LogP contribution in [0.25, 0.3) is 0 Å². The number of hydrogen-bond donors (Lipinski definition) is 1. The molecule has 3 heteroatoms. The smallest absolute Gasteiger partial charge is 0.101 e. The molecule has 1 saturated heterocycles. The molecule has 17 heavy (non-hydrogen) atoms. The Labute approximate surface area is 103 Å². The van der Waals surface area contributed by atoms with E-state index in [0.29, 0.717) is 0 Å². The minimum absolute atomic E-state index is 0.728. The maximum absolute atomic E-state index is 8.97. The van der Waals surface area contributed by atoms with Crippen LogP contribution in [0.1, 0.15) is 24.8 Å². The third kappa shape index (κ3) is 3.47. The monoisotopic (exact) mass is 229 g/mol. The minimum Gasteiger partial charge on any atom is -0.383 e. The van der Waals surface area contributed by atoms with Crippen molar-refractivity contribution in [3.05, 3.63) is 29.8 Å². The molecule has 0 atom stereocenters. The predicted molar refractivity (Wildman–Crippen MR) is 69.9 cm³/mol. The van der Waals surface area contributed by atoms with Crippen LogP contribution in [0.4, 0.5) is 5.69 Å². The van der Waals surface area contributed by atoms with E-state index in [1.165, 1.54) is 32.4 Å². The largest absolute Gasteiger partial charge is 0.383 e. The van der Waals surface area contributed by atoms with Gasteiger partial charge in [0.1, 0.15) is 6.07 Å². The Hall–Kier alpha value is -1.53. The molecule has 0 spiro atoms. The van der Waals surface area contributed by atoms with Crippen LogP contribution in [-0.4, -0.2) is 31.1 Å². The zero-order valence-electron chi connectivity index (χ0n) is 10.2. The van der Waals surface area contributed by atoms with Crippen molar-refractivity contribution in [3.63, 3.8) is 0 Å². The molecule has 2 rings (SSSR count). The summed E-state index contributed by atoms with van der Waals surface area (Å²) >= 11 is 0. The number of para-hydroxylation sites is 1. The van der Waals surface area contributed by atoms with Gasteiger partial charge >= 0.3 is 0 Å². The minimum atomic E-state index is 0.728. The number of piperidine rings is 1. The molecule has 0 radical (unpaired) electrons. The van der Waals surface area contributed by atoms with E-state index in [0.717, 1.165) is 24.3 Å². The highest BCUT2D eigenvalue weighted by Gasteiger charge is 2.09. The molecule has 90 valence electrons. The van der Waals surface area contributed by atoms with Crippen LogP contribution in [0.2, 0.25) is 0 Å². The summed E-state index contributed by atoms with van der Waals surface area (Å²) in [6, 6.07) is 9.88. The molecule has 1 aliphatic heterocycles. The lowest BCUT2D eigenvalue weighted by molar-refractivity contribution is 0.237. The van der Waals surface area contributed by atoms with Gasteiger partial charge in [0.25, 0.3) is 0 Å². The van der Waals surface area contributed by atoms with Crippen LogP contribution in [0.3, 0.4) is 0 Å². The highest BCUT2D eigenvalue weighted by molar-refractivity contribution is 5.57. The van der Waals surface area contributed by atoms with Crippen molar-refractivity contribution in [1.82, 2.24) is 4.90 Å². The van der Waals surface area contributed by atoms with Gasteiger partial charge in [0, 0.05) is 13.1 Å². The molecule has 0 saturated carbocycles. The zero-order chi connectivity index (χ0) is 11.9. The molecule has 1 aromatic rings. The summed E-state index contributed by atoms with van der Waals surface area (Å²) in [4.78, 5) is 2.49. The Balaban J connectivity index is 1.79. The maximum Gasteiger partial charge on any atom is 0.101 e. The van der Waals surface area contributed by atoms with E-state index in [9.17, 15) is 0 Å². The number of anilines is 1. The first kappa shape index (κ1) is 11.9. The van der Waals surface area contributed by atoms with Crippen molar-refractivity contribution in [3.8, 4) is 6.07 Å². The SMILES string of the molecule is N#Cc1ccccc1NCCN1CCCCC1. The molecule has 0 aromatic heterocycles. The van der Waals surface area contributed by atoms with Crippen molar-refractivity contribution in [2.45, 2.75) is 19.3 Å². The molecular formula is C14H19N3. The second-order valence-electron chi connectivity index (χ2n) is 4.49. The Bertz CT molecular complexity index is 389. The van der Waals surface area contributed by atoms with Crippen LogP contribution >= 0.6 is 0 Å². The Kier molecular flexibility index (Phi) is 4.40. The van der Waals surface area contributed by atoms with E-state index in [1.807, 2.05) is 24.3 Å². The fourth-order valence-corrected chi connectivity index (χ4v) is 2.27. The van der Waals surface area contributed by atoms with Crippen molar-refractivity contribution >= 4 is 5.69 Å². The van der Waals surface area contributed by atoms with Crippen LogP contribution in [0.5, 0.6) is 0 Å². The van der Waals surface area contributed by atoms with E-state index >= 15 is 0 Å². The average molecular weight is 229 g/mol. The lowest BCUT2D eigenvalue weighted by Gasteiger charge is -2.26. The van der Waals surface area contributed by atoms with Gasteiger partial charge < -0.3 is 10.2 Å². The summed E-state index contributed by atoms with van der Waals surface area (Å²) < 4.78 is 0. The summed E-state index contributed by atoms with van der Waals surface area (Å²) in [5, 5.41) is 12.3. The van der Waals surface area contributed by atoms with Crippen molar-refractivity contribution in [2.75, 3.05) is 31.5 Å². The second-order valence-corrected chi connectivity index (χ2v) is 4.49. The number of nitrogens with zero attached hydrogens (tertiary/aromatic N) is 2. The molecule has 1 fully saturated rings. The van der Waals surface area contributed by atoms with E-state index in [-0.39, 0.29) is 0 Å². The fourth-order valence-electron chi connectivity index (χ4n) is 2.27. The summed E-state index contributed by atoms with van der Waals surface area (Å²) in [5.74, 6) is 0. The third-order valence-corrected chi connectivity index (χ3v) is 3.24. The molecular weight excluding hydrogens is 210 g/mol. The molecule has 0 aliphatic carbocycles. The van der Waals surface area contributed by atoms with Gasteiger partial charge in [-0.1, -0.05) is 18.6 Å². The first-order valence-corrected chi connectivity index (χ1v) is 6.35. The topological polar surface area (TPSA) is 39.1 Å². The van der Waals surface area contributed by atoms with Crippen molar-refractivity contribution in [2.24, 2.45) is 0 Å². The van der Waals surface area contributed by atoms with Gasteiger partial charge in [-0.15, -0.1) is 0 Å². The van der Waals surface area contributed by atoms with Gasteiger partial charge in [-0.3, -0.25) is 0 Å². The summed E-state index contributed by atoms with van der Waals surface area (Å²) in [7, 11) is 0. The van der Waals surface area contributed by atoms with Crippen LogP contribution in [-0.2, 0) is 0 Å². The van der Waals surface area contributed by atoms with E-state index in [2.05, 4.69) is 16.3 Å². The summed E-state index contributed by atoms with van der Waals surface area (Å²) in [6.07, 6.45) is 4.03. The number of benzene rings is 1. The van der Waals surface area contributed by atoms with Gasteiger partial charge in [-0.05, 0) is 38.1 Å². The fraction of sp³-hybridized carbons (Fsp3) is 0.500. The van der Waals surface area contributed by atoms with Gasteiger partial charge in [-0.2, -0.15) is 5.26 Å². The summed E-state index contributed by atoms with van der Waals surface area (Å²) in [6.45, 7) is 4.43. The second kappa shape index (κ2) is 6.27. The quantitative estimate of drug-likeness (QED) is 0.862. The first-order chi connectivity index (χ1) is 8.40. The lowest BCUT2D eigenvalue weighted by atomic mass is 10.1. The number of nitrogens with one attached hydrogen (secondary N) is 1. The van der Waals surface area contributed by atoms with E-state index in [1.54, 1.807) is 0 Å². The zero-order valence-corrected chi connectivity index (χ0v) is 10.2. The Morgan fingerprint density at radius 3 is 2.71 bits per heavy atom. The van der Waals surface area contributed by atoms with Crippen LogP contribution in [0.15, 0.2) is 24.3 Å². The number of hydrogen-bond acceptors (Lipinski definition) is 3. The first-order valence-electron chi connectivity index (χ1n) is 6.35. The number of nitriles is 1. The van der Waals surface area contributed by atoms with Gasteiger partial charge in [0.15, 0.2) is 0 Å². The average Bonchev–Trinajstić information content (AvgIpc) is 2.40. The molecule has 1 N–H and O–H groups in total. The molecule has 0 unspecified atom stereocenters. The molecule has 0 bridgehead atoms. The highest BCUT2D eigenvalue weighted by atomic mass is 15.1. The standard InChI is InChI=1S/C14H19N3/c15-12-13-6-2-3-7-14(13)16-8-11-17-9-4-1-5-10-17/h2-3,6-7,16H,1,4-5,8-11H2. The van der Waals surface area contributed by atoms with Gasteiger partial charge in [0.05, 0.1) is 11.3 Å². The van der Waals surface area contributed by atoms with Crippen molar-refractivity contribution < 1.29 is 0 Å². The molecule has 1 heterocycles. The molecule has 1 aromatic carbocycles. The normalized spacial score (nSPS) is 16.4. The van der Waals surface area contributed by atoms with Crippen LogP contribution < -0.4 is 5.32 Å². The molecule has 0 amide bonds. The Morgan fingerprint density at radius 2 is 1.94 bits per heavy atom. The number of likely N-dealkylation sites (tertiary alicyclic amines) is 1. The van der Waals surface area contributed by atoms with Gasteiger partial charge in [0.2, 0.25) is 0 Å². The third-order valence-electron chi connectivity index (χ3n) is 3.24. The number of rotatable bonds is 4. The van der Waals surface area contributed by atoms with E-state index in [4.69, 9.17) is 5.26 Å². The molecule has 1 aliphatic rings. The summed E-state index contributed by atoms with van der Waals surface area (Å²) in [5.41, 5.74) is 1.68. The lowest BCUT2D eigenvalue weighted by Crippen LogP contribution is -2.33. The van der Waals surface area contributed by atoms with Crippen molar-refractivity contribution in [1.29, 1.82) is 5.26 Å². The van der Waals surface area contributed by atoms with E-state index < -0.39 is 0 Å². The highest BCUT2D eigenvalue weighted by Crippen LogP contribution is 2.13. The predicted octanol–water partition coefficient (Wildman–Crippen LogP) is 2.46. The maximum atomic E-state index is 8.97. The Morgan fingerprint density at radius 1 is 1.18 bits per heavy atom. The van der Waals surface area contributed by atoms with Crippen LogP contribution in [0, 0.1) is 11.3 Å².